The first-order chi connectivity index (χ1) is 20.2. The van der Waals surface area contributed by atoms with Crippen molar-refractivity contribution in [1.29, 1.82) is 0 Å². The van der Waals surface area contributed by atoms with Gasteiger partial charge in [-0.25, -0.2) is 0 Å². The molecule has 240 valence electrons. The molecule has 0 saturated carbocycles. The molecule has 0 aliphatic heterocycles. The minimum absolute atomic E-state index is 0.0801. The number of allylic oxidation sites excluding steroid dienone is 5. The van der Waals surface area contributed by atoms with Crippen LogP contribution >= 0.6 is 0 Å². The number of rotatable bonds is 31. The number of nitrogens with one attached hydrogen (secondary N) is 1. The van der Waals surface area contributed by atoms with Crippen molar-refractivity contribution >= 4 is 5.91 Å². The summed E-state index contributed by atoms with van der Waals surface area (Å²) >= 11 is 0. The fraction of sp³-hybridized carbons (Fsp3) is 0.811. The molecule has 0 rings (SSSR count). The van der Waals surface area contributed by atoms with E-state index in [1.54, 1.807) is 6.08 Å². The van der Waals surface area contributed by atoms with E-state index in [1.807, 2.05) is 6.08 Å². The zero-order valence-corrected chi connectivity index (χ0v) is 27.3. The monoisotopic (exact) mass is 576 g/mol. The standard InChI is InChI=1S/C37H69NO3/c1-3-5-7-9-11-13-15-17-18-19-21-22-24-26-28-30-32-36(40)35(34-39)38-37(41)33-31-29-27-25-23-20-16-14-12-10-8-6-4-2/h17-18,22,24,30,32,35-36,39-40H,3-16,19-21,23,25-29,31,33-34H2,1-2H3,(H,38,41)/b18-17+,24-22+,32-30+. The van der Waals surface area contributed by atoms with Crippen LogP contribution in [-0.4, -0.2) is 34.9 Å². The predicted molar refractivity (Wildman–Crippen MR) is 179 cm³/mol. The SMILES string of the molecule is CCCCCCCC/C=C/CC/C=C/CC/C=C/C(O)C(CO)NC(=O)CCCCCCCCCCCCCCC. The van der Waals surface area contributed by atoms with Crippen LogP contribution in [-0.2, 0) is 4.79 Å². The van der Waals surface area contributed by atoms with Crippen LogP contribution in [0, 0.1) is 0 Å². The fourth-order valence-electron chi connectivity index (χ4n) is 5.09. The average Bonchev–Trinajstić information content (AvgIpc) is 2.97. The van der Waals surface area contributed by atoms with Crippen LogP contribution in [0.25, 0.3) is 0 Å². The summed E-state index contributed by atoms with van der Waals surface area (Å²) in [5.74, 6) is -0.0801. The topological polar surface area (TPSA) is 69.6 Å². The van der Waals surface area contributed by atoms with E-state index in [4.69, 9.17) is 0 Å². The quantitative estimate of drug-likeness (QED) is 0.0569. The lowest BCUT2D eigenvalue weighted by molar-refractivity contribution is -0.123. The minimum Gasteiger partial charge on any atom is -0.394 e. The number of hydrogen-bond donors (Lipinski definition) is 3. The third kappa shape index (κ3) is 29.9. The Balaban J connectivity index is 3.72. The van der Waals surface area contributed by atoms with Crippen molar-refractivity contribution in [2.24, 2.45) is 0 Å². The first kappa shape index (κ1) is 39.6. The third-order valence-electron chi connectivity index (χ3n) is 7.85. The summed E-state index contributed by atoms with van der Waals surface area (Å²) in [7, 11) is 0. The van der Waals surface area contributed by atoms with Gasteiger partial charge in [-0.05, 0) is 44.9 Å². The van der Waals surface area contributed by atoms with Gasteiger partial charge in [0.25, 0.3) is 0 Å². The zero-order chi connectivity index (χ0) is 30.1. The maximum absolute atomic E-state index is 12.3. The van der Waals surface area contributed by atoms with Crippen LogP contribution in [0.15, 0.2) is 36.5 Å². The molecule has 0 fully saturated rings. The maximum atomic E-state index is 12.3. The molecule has 4 nitrogen and oxygen atoms in total. The summed E-state index contributed by atoms with van der Waals surface area (Å²) in [6, 6.07) is -0.639. The number of aliphatic hydroxyl groups excluding tert-OH is 2. The van der Waals surface area contributed by atoms with Gasteiger partial charge in [-0.2, -0.15) is 0 Å². The lowest BCUT2D eigenvalue weighted by atomic mass is 10.0. The first-order valence-electron chi connectivity index (χ1n) is 17.7. The van der Waals surface area contributed by atoms with Gasteiger partial charge < -0.3 is 15.5 Å². The summed E-state index contributed by atoms with van der Waals surface area (Å²) < 4.78 is 0. The molecule has 4 heteroatoms. The van der Waals surface area contributed by atoms with Crippen LogP contribution in [0.3, 0.4) is 0 Å². The summed E-state index contributed by atoms with van der Waals surface area (Å²) in [5.41, 5.74) is 0. The number of aliphatic hydroxyl groups is 2. The smallest absolute Gasteiger partial charge is 0.220 e. The molecular formula is C37H69NO3. The number of unbranched alkanes of at least 4 members (excludes halogenated alkanes) is 20. The maximum Gasteiger partial charge on any atom is 0.220 e. The number of hydrogen-bond acceptors (Lipinski definition) is 3. The van der Waals surface area contributed by atoms with Crippen LogP contribution < -0.4 is 5.32 Å². The second-order valence-electron chi connectivity index (χ2n) is 11.9. The van der Waals surface area contributed by atoms with Gasteiger partial charge in [0.15, 0.2) is 0 Å². The van der Waals surface area contributed by atoms with Gasteiger partial charge in [0.2, 0.25) is 5.91 Å². The molecule has 2 atom stereocenters. The van der Waals surface area contributed by atoms with Gasteiger partial charge in [0.05, 0.1) is 18.8 Å². The molecule has 0 aliphatic carbocycles. The molecule has 41 heavy (non-hydrogen) atoms. The highest BCUT2D eigenvalue weighted by Gasteiger charge is 2.17. The Bertz CT molecular complexity index is 628. The number of carbonyl (C=O) groups is 1. The van der Waals surface area contributed by atoms with E-state index in [9.17, 15) is 15.0 Å². The molecule has 0 aromatic carbocycles. The highest BCUT2D eigenvalue weighted by atomic mass is 16.3. The second-order valence-corrected chi connectivity index (χ2v) is 11.9. The largest absolute Gasteiger partial charge is 0.394 e. The molecule has 0 spiro atoms. The Morgan fingerprint density at radius 1 is 0.561 bits per heavy atom. The molecule has 1 amide bonds. The highest BCUT2D eigenvalue weighted by Crippen LogP contribution is 2.13. The van der Waals surface area contributed by atoms with E-state index in [0.29, 0.717) is 6.42 Å². The second kappa shape index (κ2) is 33.1. The Morgan fingerprint density at radius 2 is 0.951 bits per heavy atom. The van der Waals surface area contributed by atoms with Crippen molar-refractivity contribution < 1.29 is 15.0 Å². The highest BCUT2D eigenvalue weighted by molar-refractivity contribution is 5.76. The Morgan fingerprint density at radius 3 is 1.41 bits per heavy atom. The Hall–Kier alpha value is -1.39. The molecule has 0 heterocycles. The summed E-state index contributed by atoms with van der Waals surface area (Å²) in [5, 5.41) is 22.8. The van der Waals surface area contributed by atoms with Crippen LogP contribution in [0.5, 0.6) is 0 Å². The fourth-order valence-corrected chi connectivity index (χ4v) is 5.09. The van der Waals surface area contributed by atoms with Gasteiger partial charge in [-0.1, -0.05) is 159 Å². The lowest BCUT2D eigenvalue weighted by Crippen LogP contribution is -2.45. The molecule has 0 bridgehead atoms. The Kier molecular flexibility index (Phi) is 32.0. The normalized spacial score (nSPS) is 13.6. The van der Waals surface area contributed by atoms with E-state index in [2.05, 4.69) is 43.5 Å². The molecule has 0 aromatic rings. The molecule has 2 unspecified atom stereocenters. The summed E-state index contributed by atoms with van der Waals surface area (Å²) in [6.45, 7) is 4.26. The van der Waals surface area contributed by atoms with Crippen molar-refractivity contribution in [3.63, 3.8) is 0 Å². The first-order valence-corrected chi connectivity index (χ1v) is 17.7. The summed E-state index contributed by atoms with van der Waals surface area (Å²) in [6.07, 6.45) is 42.2. The van der Waals surface area contributed by atoms with Crippen molar-refractivity contribution in [3.05, 3.63) is 36.5 Å². The van der Waals surface area contributed by atoms with Crippen molar-refractivity contribution in [2.45, 2.75) is 187 Å². The van der Waals surface area contributed by atoms with Gasteiger partial charge in [0, 0.05) is 6.42 Å². The van der Waals surface area contributed by atoms with E-state index in [0.717, 1.165) is 38.5 Å². The predicted octanol–water partition coefficient (Wildman–Crippen LogP) is 10.3. The minimum atomic E-state index is -0.864. The van der Waals surface area contributed by atoms with Gasteiger partial charge in [-0.15, -0.1) is 0 Å². The van der Waals surface area contributed by atoms with Crippen LogP contribution in [0.1, 0.15) is 174 Å². The lowest BCUT2D eigenvalue weighted by Gasteiger charge is -2.19. The van der Waals surface area contributed by atoms with Gasteiger partial charge >= 0.3 is 0 Å². The van der Waals surface area contributed by atoms with Gasteiger partial charge in [-0.3, -0.25) is 4.79 Å². The zero-order valence-electron chi connectivity index (χ0n) is 27.3. The number of amides is 1. The molecular weight excluding hydrogens is 506 g/mol. The number of carbonyl (C=O) groups excluding carboxylic acids is 1. The van der Waals surface area contributed by atoms with Crippen LogP contribution in [0.2, 0.25) is 0 Å². The molecule has 0 aliphatic rings. The molecule has 0 saturated heterocycles. The molecule has 3 N–H and O–H groups in total. The van der Waals surface area contributed by atoms with Crippen molar-refractivity contribution in [2.75, 3.05) is 6.61 Å². The van der Waals surface area contributed by atoms with E-state index in [-0.39, 0.29) is 12.5 Å². The van der Waals surface area contributed by atoms with Crippen molar-refractivity contribution in [1.82, 2.24) is 5.32 Å². The Labute approximate surface area is 255 Å². The average molecular weight is 576 g/mol. The third-order valence-corrected chi connectivity index (χ3v) is 7.85. The van der Waals surface area contributed by atoms with Gasteiger partial charge in [0.1, 0.15) is 0 Å². The molecule has 0 aromatic heterocycles. The van der Waals surface area contributed by atoms with E-state index in [1.165, 1.54) is 116 Å². The summed E-state index contributed by atoms with van der Waals surface area (Å²) in [4.78, 5) is 12.3. The van der Waals surface area contributed by atoms with Crippen LogP contribution in [0.4, 0.5) is 0 Å². The van der Waals surface area contributed by atoms with E-state index < -0.39 is 12.1 Å². The van der Waals surface area contributed by atoms with Crippen molar-refractivity contribution in [3.8, 4) is 0 Å². The van der Waals surface area contributed by atoms with E-state index >= 15 is 0 Å². The molecule has 0 radical (unpaired) electrons.